The van der Waals surface area contributed by atoms with Gasteiger partial charge in [0.15, 0.2) is 0 Å². The first kappa shape index (κ1) is 18.4. The van der Waals surface area contributed by atoms with Gasteiger partial charge in [-0.05, 0) is 36.4 Å². The molecule has 0 spiro atoms. The summed E-state index contributed by atoms with van der Waals surface area (Å²) in [6.45, 7) is 0. The summed E-state index contributed by atoms with van der Waals surface area (Å²) in [6, 6.07) is 21.3. The third kappa shape index (κ3) is 3.90. The number of nitrogens with zero attached hydrogens (tertiary/aromatic N) is 2. The highest BCUT2D eigenvalue weighted by molar-refractivity contribution is 7.92. The van der Waals surface area contributed by atoms with Crippen molar-refractivity contribution in [2.45, 2.75) is 4.90 Å². The Labute approximate surface area is 157 Å². The van der Waals surface area contributed by atoms with Gasteiger partial charge in [0.2, 0.25) is 0 Å². The molecule has 0 aliphatic heterocycles. The molecule has 138 valence electrons. The van der Waals surface area contributed by atoms with E-state index in [1.54, 1.807) is 54.6 Å². The van der Waals surface area contributed by atoms with Crippen LogP contribution in [0.4, 0.5) is 22.7 Å². The van der Waals surface area contributed by atoms with Gasteiger partial charge in [0.05, 0.1) is 15.5 Å². The zero-order valence-electron chi connectivity index (χ0n) is 14.4. The maximum atomic E-state index is 12.9. The molecule has 0 saturated carbocycles. The lowest BCUT2D eigenvalue weighted by atomic mass is 10.2. The van der Waals surface area contributed by atoms with E-state index in [2.05, 4.69) is 5.32 Å². The number of sulfonamides is 1. The zero-order valence-corrected chi connectivity index (χ0v) is 15.3. The molecule has 0 aromatic heterocycles. The molecule has 8 heteroatoms. The standard InChI is InChI=1S/C19H17N3O4S/c1-21(16-10-6-3-7-11-16)27(25,26)17-12-13-18(19(14-17)22(23)24)20-15-8-4-2-5-9-15/h2-14,20H,1H3. The highest BCUT2D eigenvalue weighted by Gasteiger charge is 2.25. The lowest BCUT2D eigenvalue weighted by Gasteiger charge is -2.19. The van der Waals surface area contributed by atoms with Gasteiger partial charge in [0.1, 0.15) is 5.69 Å². The van der Waals surface area contributed by atoms with Crippen molar-refractivity contribution >= 4 is 32.8 Å². The van der Waals surface area contributed by atoms with Crippen LogP contribution in [0.2, 0.25) is 0 Å². The quantitative estimate of drug-likeness (QED) is 0.509. The Bertz CT molecular complexity index is 1050. The summed E-state index contributed by atoms with van der Waals surface area (Å²) >= 11 is 0. The first-order chi connectivity index (χ1) is 12.9. The molecule has 0 heterocycles. The van der Waals surface area contributed by atoms with E-state index in [-0.39, 0.29) is 16.3 Å². The second kappa shape index (κ2) is 7.46. The van der Waals surface area contributed by atoms with Gasteiger partial charge in [-0.1, -0.05) is 36.4 Å². The smallest absolute Gasteiger partial charge is 0.294 e. The Morgan fingerprint density at radius 2 is 1.52 bits per heavy atom. The lowest BCUT2D eigenvalue weighted by Crippen LogP contribution is -2.26. The number of nitro benzene ring substituents is 1. The number of hydrogen-bond donors (Lipinski definition) is 1. The van der Waals surface area contributed by atoms with Crippen molar-refractivity contribution in [1.82, 2.24) is 0 Å². The SMILES string of the molecule is CN(c1ccccc1)S(=O)(=O)c1ccc(Nc2ccccc2)c([N+](=O)[O-])c1. The van der Waals surface area contributed by atoms with Crippen molar-refractivity contribution in [3.05, 3.63) is 89.0 Å². The Morgan fingerprint density at radius 3 is 2.11 bits per heavy atom. The number of benzene rings is 3. The van der Waals surface area contributed by atoms with Crippen LogP contribution in [0, 0.1) is 10.1 Å². The minimum atomic E-state index is -3.94. The number of rotatable bonds is 6. The van der Waals surface area contributed by atoms with Gasteiger partial charge in [0, 0.05) is 18.8 Å². The van der Waals surface area contributed by atoms with Gasteiger partial charge in [0.25, 0.3) is 15.7 Å². The van der Waals surface area contributed by atoms with Gasteiger partial charge in [-0.25, -0.2) is 8.42 Å². The van der Waals surface area contributed by atoms with E-state index in [9.17, 15) is 18.5 Å². The van der Waals surface area contributed by atoms with Crippen molar-refractivity contribution in [2.24, 2.45) is 0 Å². The number of nitrogens with one attached hydrogen (secondary N) is 1. The van der Waals surface area contributed by atoms with E-state index >= 15 is 0 Å². The summed E-state index contributed by atoms with van der Waals surface area (Å²) in [7, 11) is -2.53. The summed E-state index contributed by atoms with van der Waals surface area (Å²) < 4.78 is 26.8. The van der Waals surface area contributed by atoms with Gasteiger partial charge >= 0.3 is 0 Å². The number of nitro groups is 1. The fourth-order valence-electron chi connectivity index (χ4n) is 2.54. The normalized spacial score (nSPS) is 11.0. The van der Waals surface area contributed by atoms with Crippen LogP contribution in [0.15, 0.2) is 83.8 Å². The van der Waals surface area contributed by atoms with Crippen molar-refractivity contribution in [3.8, 4) is 0 Å². The highest BCUT2D eigenvalue weighted by atomic mass is 32.2. The molecule has 3 rings (SSSR count). The van der Waals surface area contributed by atoms with Crippen LogP contribution in [-0.4, -0.2) is 20.4 Å². The van der Waals surface area contributed by atoms with Gasteiger partial charge in [-0.15, -0.1) is 0 Å². The number of hydrogen-bond acceptors (Lipinski definition) is 5. The predicted octanol–water partition coefficient (Wildman–Crippen LogP) is 4.16. The molecule has 0 aliphatic rings. The average Bonchev–Trinajstić information content (AvgIpc) is 2.69. The van der Waals surface area contributed by atoms with Crippen LogP contribution >= 0.6 is 0 Å². The average molecular weight is 383 g/mol. The van der Waals surface area contributed by atoms with E-state index in [0.29, 0.717) is 11.4 Å². The maximum Gasteiger partial charge on any atom is 0.294 e. The second-order valence-corrected chi connectivity index (χ2v) is 7.70. The molecular weight excluding hydrogens is 366 g/mol. The third-order valence-corrected chi connectivity index (χ3v) is 5.78. The molecule has 27 heavy (non-hydrogen) atoms. The van der Waals surface area contributed by atoms with Crippen LogP contribution < -0.4 is 9.62 Å². The topological polar surface area (TPSA) is 92.6 Å². The fourth-order valence-corrected chi connectivity index (χ4v) is 3.76. The first-order valence-corrected chi connectivity index (χ1v) is 9.48. The Balaban J connectivity index is 1.99. The monoisotopic (exact) mass is 383 g/mol. The zero-order chi connectivity index (χ0) is 19.4. The van der Waals surface area contributed by atoms with Gasteiger partial charge in [-0.3, -0.25) is 14.4 Å². The minimum Gasteiger partial charge on any atom is -0.350 e. The van der Waals surface area contributed by atoms with Crippen LogP contribution in [-0.2, 0) is 10.0 Å². The van der Waals surface area contributed by atoms with Crippen molar-refractivity contribution in [3.63, 3.8) is 0 Å². The highest BCUT2D eigenvalue weighted by Crippen LogP contribution is 2.32. The Hall–Kier alpha value is -3.39. The first-order valence-electron chi connectivity index (χ1n) is 8.04. The Morgan fingerprint density at radius 1 is 0.926 bits per heavy atom. The van der Waals surface area contributed by atoms with Crippen LogP contribution in [0.25, 0.3) is 0 Å². The summed E-state index contributed by atoms with van der Waals surface area (Å²) in [5.41, 5.74) is 1.03. The van der Waals surface area contributed by atoms with E-state index in [0.717, 1.165) is 10.4 Å². The molecular formula is C19H17N3O4S. The summed E-state index contributed by atoms with van der Waals surface area (Å²) in [6.07, 6.45) is 0. The molecule has 0 fully saturated rings. The van der Waals surface area contributed by atoms with E-state index in [1.807, 2.05) is 6.07 Å². The van der Waals surface area contributed by atoms with Gasteiger partial charge in [-0.2, -0.15) is 0 Å². The molecule has 0 bridgehead atoms. The second-order valence-electron chi connectivity index (χ2n) is 5.74. The van der Waals surface area contributed by atoms with Crippen LogP contribution in [0.3, 0.4) is 0 Å². The predicted molar refractivity (Wildman–Crippen MR) is 105 cm³/mol. The largest absolute Gasteiger partial charge is 0.350 e. The van der Waals surface area contributed by atoms with Crippen LogP contribution in [0.1, 0.15) is 0 Å². The van der Waals surface area contributed by atoms with Crippen molar-refractivity contribution in [2.75, 3.05) is 16.7 Å². The molecule has 0 aliphatic carbocycles. The maximum absolute atomic E-state index is 12.9. The van der Waals surface area contributed by atoms with Gasteiger partial charge < -0.3 is 5.32 Å². The van der Waals surface area contributed by atoms with Crippen LogP contribution in [0.5, 0.6) is 0 Å². The molecule has 3 aromatic carbocycles. The molecule has 1 N–H and O–H groups in total. The molecule has 0 saturated heterocycles. The summed E-state index contributed by atoms with van der Waals surface area (Å²) in [5.74, 6) is 0. The summed E-state index contributed by atoms with van der Waals surface area (Å²) in [4.78, 5) is 10.7. The molecule has 0 atom stereocenters. The Kier molecular flexibility index (Phi) is 5.09. The minimum absolute atomic E-state index is 0.154. The van der Waals surface area contributed by atoms with Crippen molar-refractivity contribution in [1.29, 1.82) is 0 Å². The number of anilines is 3. The summed E-state index contributed by atoms with van der Waals surface area (Å²) in [5, 5.41) is 14.4. The van der Waals surface area contributed by atoms with E-state index in [1.165, 1.54) is 19.2 Å². The molecule has 0 unspecified atom stereocenters. The molecule has 3 aromatic rings. The molecule has 0 radical (unpaired) electrons. The fraction of sp³-hybridized carbons (Fsp3) is 0.0526. The van der Waals surface area contributed by atoms with E-state index in [4.69, 9.17) is 0 Å². The third-order valence-electron chi connectivity index (χ3n) is 4.00. The van der Waals surface area contributed by atoms with E-state index < -0.39 is 14.9 Å². The molecule has 7 nitrogen and oxygen atoms in total. The number of para-hydroxylation sites is 2. The van der Waals surface area contributed by atoms with Crippen molar-refractivity contribution < 1.29 is 13.3 Å². The molecule has 0 amide bonds. The lowest BCUT2D eigenvalue weighted by molar-refractivity contribution is -0.384.